The van der Waals surface area contributed by atoms with Gasteiger partial charge in [-0.3, -0.25) is 10.1 Å². The molecule has 2 N–H and O–H groups in total. The van der Waals surface area contributed by atoms with Crippen LogP contribution in [0.5, 0.6) is 5.75 Å². The molecule has 0 saturated heterocycles. The molecule has 0 saturated carbocycles. The second kappa shape index (κ2) is 8.84. The number of rotatable bonds is 5. The van der Waals surface area contributed by atoms with Crippen LogP contribution in [0.1, 0.15) is 27.6 Å². The smallest absolute Gasteiger partial charge is 0.257 e. The van der Waals surface area contributed by atoms with Gasteiger partial charge in [-0.05, 0) is 55.5 Å². The summed E-state index contributed by atoms with van der Waals surface area (Å²) in [6, 6.07) is 8.70. The van der Waals surface area contributed by atoms with E-state index in [4.69, 9.17) is 40.2 Å². The third-order valence-corrected chi connectivity index (χ3v) is 3.98. The highest BCUT2D eigenvalue weighted by Gasteiger charge is 2.11. The molecule has 0 heterocycles. The maximum Gasteiger partial charge on any atom is 0.257 e. The Bertz CT molecular complexity index is 874. The van der Waals surface area contributed by atoms with Gasteiger partial charge in [0.2, 0.25) is 0 Å². The van der Waals surface area contributed by atoms with Gasteiger partial charge in [-0.2, -0.15) is 0 Å². The predicted molar refractivity (Wildman–Crippen MR) is 102 cm³/mol. The van der Waals surface area contributed by atoms with Crippen molar-refractivity contribution in [1.29, 1.82) is 0 Å². The third-order valence-electron chi connectivity index (χ3n) is 3.17. The van der Waals surface area contributed by atoms with Crippen molar-refractivity contribution < 1.29 is 19.4 Å². The summed E-state index contributed by atoms with van der Waals surface area (Å²) < 4.78 is 5.31. The van der Waals surface area contributed by atoms with E-state index in [-0.39, 0.29) is 15.7 Å². The molecule has 9 heteroatoms. The SMILES string of the molecule is CCOc1ccc(C(=O)NC(=S)Nc2ccc(C(=O)[O-])c(Cl)c2)cc1Cl. The van der Waals surface area contributed by atoms with E-state index in [0.29, 0.717) is 28.6 Å². The van der Waals surface area contributed by atoms with Gasteiger partial charge in [0.25, 0.3) is 5.91 Å². The van der Waals surface area contributed by atoms with Gasteiger partial charge in [0.05, 0.1) is 22.6 Å². The summed E-state index contributed by atoms with van der Waals surface area (Å²) in [5.74, 6) is -1.37. The molecule has 136 valence electrons. The number of nitrogens with one attached hydrogen (secondary N) is 2. The fourth-order valence-electron chi connectivity index (χ4n) is 2.01. The lowest BCUT2D eigenvalue weighted by Crippen LogP contribution is -2.34. The quantitative estimate of drug-likeness (QED) is 0.735. The van der Waals surface area contributed by atoms with Crippen molar-refractivity contribution in [1.82, 2.24) is 5.32 Å². The number of carboxylic acids is 1. The predicted octanol–water partition coefficient (Wildman–Crippen LogP) is 2.88. The molecule has 0 atom stereocenters. The number of aromatic carboxylic acids is 1. The zero-order chi connectivity index (χ0) is 19.3. The first kappa shape index (κ1) is 20.0. The highest BCUT2D eigenvalue weighted by Crippen LogP contribution is 2.25. The van der Waals surface area contributed by atoms with Gasteiger partial charge >= 0.3 is 0 Å². The molecule has 2 aromatic rings. The summed E-state index contributed by atoms with van der Waals surface area (Å²) in [6.07, 6.45) is 0. The van der Waals surface area contributed by atoms with Crippen LogP contribution in [0.15, 0.2) is 36.4 Å². The first-order valence-corrected chi connectivity index (χ1v) is 8.53. The van der Waals surface area contributed by atoms with Crippen molar-refractivity contribution in [3.63, 3.8) is 0 Å². The van der Waals surface area contributed by atoms with Crippen molar-refractivity contribution in [2.75, 3.05) is 11.9 Å². The zero-order valence-corrected chi connectivity index (χ0v) is 15.8. The molecule has 26 heavy (non-hydrogen) atoms. The number of hydrogen-bond acceptors (Lipinski definition) is 5. The summed E-state index contributed by atoms with van der Waals surface area (Å²) in [5.41, 5.74) is 0.569. The Labute approximate surface area is 165 Å². The lowest BCUT2D eigenvalue weighted by atomic mass is 10.2. The number of carbonyl (C=O) groups excluding carboxylic acids is 2. The van der Waals surface area contributed by atoms with E-state index in [1.165, 1.54) is 24.3 Å². The van der Waals surface area contributed by atoms with E-state index in [1.807, 2.05) is 6.92 Å². The van der Waals surface area contributed by atoms with E-state index >= 15 is 0 Å². The van der Waals surface area contributed by atoms with Gasteiger partial charge in [-0.25, -0.2) is 0 Å². The van der Waals surface area contributed by atoms with E-state index in [1.54, 1.807) is 12.1 Å². The highest BCUT2D eigenvalue weighted by molar-refractivity contribution is 7.80. The summed E-state index contributed by atoms with van der Waals surface area (Å²) >= 11 is 17.0. The number of ether oxygens (including phenoxy) is 1. The van der Waals surface area contributed by atoms with Crippen molar-refractivity contribution in [3.8, 4) is 5.75 Å². The first-order valence-electron chi connectivity index (χ1n) is 7.37. The molecular weight excluding hydrogens is 399 g/mol. The molecule has 0 radical (unpaired) electrons. The minimum atomic E-state index is -1.38. The second-order valence-corrected chi connectivity index (χ2v) is 6.19. The van der Waals surface area contributed by atoms with E-state index in [9.17, 15) is 14.7 Å². The largest absolute Gasteiger partial charge is 0.545 e. The summed E-state index contributed by atoms with van der Waals surface area (Å²) in [5, 5.41) is 16.4. The van der Waals surface area contributed by atoms with Gasteiger partial charge in [0.15, 0.2) is 5.11 Å². The van der Waals surface area contributed by atoms with Crippen molar-refractivity contribution in [3.05, 3.63) is 57.6 Å². The standard InChI is InChI=1S/C17H14Cl2N2O4S/c1-2-25-14-6-3-9(7-13(14)19)15(22)21-17(26)20-10-4-5-11(16(23)24)12(18)8-10/h3-8H,2H2,1H3,(H,23,24)(H2,20,21,22,26)/p-1. The fourth-order valence-corrected chi connectivity index (χ4v) is 2.71. The molecule has 2 rings (SSSR count). The normalized spacial score (nSPS) is 10.1. The average molecular weight is 412 g/mol. The van der Waals surface area contributed by atoms with Crippen LogP contribution in [-0.4, -0.2) is 23.6 Å². The average Bonchev–Trinajstić information content (AvgIpc) is 2.56. The molecule has 0 unspecified atom stereocenters. The van der Waals surface area contributed by atoms with Gasteiger partial charge in [-0.15, -0.1) is 0 Å². The molecule has 0 aliphatic rings. The zero-order valence-electron chi connectivity index (χ0n) is 13.5. The number of thiocarbonyl (C=S) groups is 1. The topological polar surface area (TPSA) is 90.5 Å². The molecule has 1 amide bonds. The number of amides is 1. The van der Waals surface area contributed by atoms with Crippen molar-refractivity contribution in [2.24, 2.45) is 0 Å². The summed E-state index contributed by atoms with van der Waals surface area (Å²) in [6.45, 7) is 2.28. The summed E-state index contributed by atoms with van der Waals surface area (Å²) in [7, 11) is 0. The molecule has 0 bridgehead atoms. The Morgan fingerprint density at radius 2 is 1.88 bits per heavy atom. The highest BCUT2D eigenvalue weighted by atomic mass is 35.5. The van der Waals surface area contributed by atoms with Crippen LogP contribution in [0.25, 0.3) is 0 Å². The van der Waals surface area contributed by atoms with Crippen LogP contribution in [0, 0.1) is 0 Å². The Morgan fingerprint density at radius 1 is 1.15 bits per heavy atom. The van der Waals surface area contributed by atoms with Crippen LogP contribution in [-0.2, 0) is 0 Å². The lowest BCUT2D eigenvalue weighted by molar-refractivity contribution is -0.255. The first-order chi connectivity index (χ1) is 12.3. The fraction of sp³-hybridized carbons (Fsp3) is 0.118. The number of carbonyl (C=O) groups is 2. The van der Waals surface area contributed by atoms with E-state index < -0.39 is 11.9 Å². The third kappa shape index (κ3) is 5.08. The Morgan fingerprint density at radius 3 is 2.46 bits per heavy atom. The molecule has 6 nitrogen and oxygen atoms in total. The number of anilines is 1. The number of benzene rings is 2. The number of hydrogen-bond donors (Lipinski definition) is 2. The number of halogens is 2. The van der Waals surface area contributed by atoms with Gasteiger partial charge in [0, 0.05) is 16.8 Å². The summed E-state index contributed by atoms with van der Waals surface area (Å²) in [4.78, 5) is 23.1. The van der Waals surface area contributed by atoms with Gasteiger partial charge < -0.3 is 20.0 Å². The maximum absolute atomic E-state index is 12.2. The molecule has 0 spiro atoms. The molecular formula is C17H13Cl2N2O4S-. The van der Waals surface area contributed by atoms with Crippen LogP contribution in [0.3, 0.4) is 0 Å². The van der Waals surface area contributed by atoms with E-state index in [2.05, 4.69) is 10.6 Å². The minimum absolute atomic E-state index is 0.0114. The molecule has 0 fully saturated rings. The van der Waals surface area contributed by atoms with Crippen LogP contribution in [0.4, 0.5) is 5.69 Å². The Hall–Kier alpha value is -2.35. The monoisotopic (exact) mass is 411 g/mol. The molecule has 2 aromatic carbocycles. The van der Waals surface area contributed by atoms with Gasteiger partial charge in [0.1, 0.15) is 5.75 Å². The van der Waals surface area contributed by atoms with E-state index in [0.717, 1.165) is 0 Å². The minimum Gasteiger partial charge on any atom is -0.545 e. The van der Waals surface area contributed by atoms with Crippen LogP contribution in [0.2, 0.25) is 10.0 Å². The van der Waals surface area contributed by atoms with Crippen LogP contribution < -0.4 is 20.5 Å². The number of carboxylic acid groups (broad SMARTS) is 1. The Balaban J connectivity index is 2.03. The van der Waals surface area contributed by atoms with Crippen molar-refractivity contribution >= 4 is 58.1 Å². The second-order valence-electron chi connectivity index (χ2n) is 4.97. The molecule has 0 aromatic heterocycles. The molecule has 0 aliphatic heterocycles. The van der Waals surface area contributed by atoms with Crippen LogP contribution >= 0.6 is 35.4 Å². The van der Waals surface area contributed by atoms with Gasteiger partial charge in [-0.1, -0.05) is 23.2 Å². The Kier molecular flexibility index (Phi) is 6.79. The maximum atomic E-state index is 12.2. The van der Waals surface area contributed by atoms with Crippen molar-refractivity contribution in [2.45, 2.75) is 6.92 Å². The molecule has 0 aliphatic carbocycles. The lowest BCUT2D eigenvalue weighted by Gasteiger charge is -2.12.